The van der Waals surface area contributed by atoms with E-state index in [1.54, 1.807) is 29.2 Å². The number of esters is 1. The number of ether oxygens (including phenoxy) is 3. The number of likely N-dealkylation sites (tertiary alicyclic amines) is 1. The number of methoxy groups -OCH3 is 1. The molecular weight excluding hydrogens is 442 g/mol. The Morgan fingerprint density at radius 2 is 1.94 bits per heavy atom. The predicted octanol–water partition coefficient (Wildman–Crippen LogP) is 2.16. The van der Waals surface area contributed by atoms with E-state index in [1.807, 2.05) is 13.8 Å². The number of hydrogen-bond acceptors (Lipinski definition) is 8. The topological polar surface area (TPSA) is 134 Å². The van der Waals surface area contributed by atoms with Crippen LogP contribution in [0.15, 0.2) is 28.8 Å². The smallest absolute Gasteiger partial charge is 0.331 e. The number of nitrogens with two attached hydrogens (primary N) is 1. The SMILES string of the molecule is COc1cc(/C=C/C(=O)OCC(=O)N2CCC(C(N)=O)CC2)ccc1OCc1c(C)noc1C. The number of carbonyl (C=O) groups is 3. The lowest BCUT2D eigenvalue weighted by molar-refractivity contribution is -0.149. The van der Waals surface area contributed by atoms with Crippen LogP contribution in [0.4, 0.5) is 0 Å². The fourth-order valence-electron chi connectivity index (χ4n) is 3.61. The molecule has 2 heterocycles. The van der Waals surface area contributed by atoms with Gasteiger partial charge in [0.25, 0.3) is 5.91 Å². The standard InChI is InChI=1S/C24H29N3O7/c1-15-19(16(2)34-26-15)13-32-20-6-4-17(12-21(20)31-3)5-7-23(29)33-14-22(28)27-10-8-18(9-11-27)24(25)30/h4-7,12,18H,8-11,13-14H2,1-3H3,(H2,25,30)/b7-5+. The van der Waals surface area contributed by atoms with Crippen molar-refractivity contribution < 1.29 is 33.1 Å². The molecule has 2 amide bonds. The normalized spacial score (nSPS) is 14.3. The van der Waals surface area contributed by atoms with E-state index in [-0.39, 0.29) is 30.9 Å². The number of rotatable bonds is 9. The Labute approximate surface area is 197 Å². The molecule has 0 aliphatic carbocycles. The summed E-state index contributed by atoms with van der Waals surface area (Å²) in [5.74, 6) is 0.233. The van der Waals surface area contributed by atoms with Crippen LogP contribution in [0, 0.1) is 19.8 Å². The third-order valence-electron chi connectivity index (χ3n) is 5.74. The van der Waals surface area contributed by atoms with E-state index in [0.717, 1.165) is 11.3 Å². The van der Waals surface area contributed by atoms with E-state index in [0.29, 0.717) is 48.8 Å². The zero-order chi connectivity index (χ0) is 24.7. The maximum absolute atomic E-state index is 12.2. The largest absolute Gasteiger partial charge is 0.493 e. The first-order chi connectivity index (χ1) is 16.3. The van der Waals surface area contributed by atoms with Gasteiger partial charge < -0.3 is 29.4 Å². The van der Waals surface area contributed by atoms with Gasteiger partial charge in [0.1, 0.15) is 12.4 Å². The average molecular weight is 472 g/mol. The molecule has 1 aliphatic heterocycles. The number of piperidine rings is 1. The average Bonchev–Trinajstić information content (AvgIpc) is 3.16. The van der Waals surface area contributed by atoms with Crippen molar-refractivity contribution >= 4 is 23.9 Å². The van der Waals surface area contributed by atoms with Gasteiger partial charge in [-0.3, -0.25) is 9.59 Å². The number of carbonyl (C=O) groups excluding carboxylic acids is 3. The molecule has 1 fully saturated rings. The van der Waals surface area contributed by atoms with Gasteiger partial charge in [-0.25, -0.2) is 4.79 Å². The van der Waals surface area contributed by atoms with E-state index in [1.165, 1.54) is 13.2 Å². The fourth-order valence-corrected chi connectivity index (χ4v) is 3.61. The van der Waals surface area contributed by atoms with Crippen LogP contribution in [0.3, 0.4) is 0 Å². The molecule has 182 valence electrons. The molecule has 0 atom stereocenters. The van der Waals surface area contributed by atoms with Gasteiger partial charge in [0.2, 0.25) is 5.91 Å². The highest BCUT2D eigenvalue weighted by Crippen LogP contribution is 2.30. The van der Waals surface area contributed by atoms with E-state index in [9.17, 15) is 14.4 Å². The fraction of sp³-hybridized carbons (Fsp3) is 0.417. The number of benzene rings is 1. The molecule has 0 saturated carbocycles. The highest BCUT2D eigenvalue weighted by Gasteiger charge is 2.26. The van der Waals surface area contributed by atoms with Gasteiger partial charge >= 0.3 is 5.97 Å². The molecule has 1 saturated heterocycles. The summed E-state index contributed by atoms with van der Waals surface area (Å²) in [6.07, 6.45) is 3.85. The van der Waals surface area contributed by atoms with Gasteiger partial charge in [0.05, 0.1) is 18.4 Å². The summed E-state index contributed by atoms with van der Waals surface area (Å²) in [5, 5.41) is 3.91. The number of primary amides is 1. The molecule has 3 rings (SSSR count). The van der Waals surface area contributed by atoms with Crippen LogP contribution in [0.5, 0.6) is 11.5 Å². The molecule has 1 aromatic heterocycles. The third-order valence-corrected chi connectivity index (χ3v) is 5.74. The molecule has 2 aromatic rings. The van der Waals surface area contributed by atoms with Crippen LogP contribution in [0.1, 0.15) is 35.4 Å². The molecule has 10 heteroatoms. The third kappa shape index (κ3) is 6.37. The minimum absolute atomic E-state index is 0.209. The molecule has 0 bridgehead atoms. The number of nitrogens with zero attached hydrogens (tertiary/aromatic N) is 2. The number of aromatic nitrogens is 1. The molecule has 1 aromatic carbocycles. The summed E-state index contributed by atoms with van der Waals surface area (Å²) in [4.78, 5) is 37.1. The Hall–Kier alpha value is -3.82. The van der Waals surface area contributed by atoms with Crippen LogP contribution in [0.25, 0.3) is 6.08 Å². The minimum Gasteiger partial charge on any atom is -0.493 e. The van der Waals surface area contributed by atoms with Crippen LogP contribution >= 0.6 is 0 Å². The summed E-state index contributed by atoms with van der Waals surface area (Å²) in [6.45, 7) is 4.44. The van der Waals surface area contributed by atoms with Crippen LogP contribution in [-0.4, -0.2) is 54.6 Å². The molecule has 1 aliphatic rings. The second kappa shape index (κ2) is 11.4. The van der Waals surface area contributed by atoms with Crippen molar-refractivity contribution in [2.75, 3.05) is 26.8 Å². The Balaban J connectivity index is 1.50. The molecule has 2 N–H and O–H groups in total. The number of hydrogen-bond donors (Lipinski definition) is 1. The summed E-state index contributed by atoms with van der Waals surface area (Å²) in [6, 6.07) is 5.23. The van der Waals surface area contributed by atoms with Gasteiger partial charge in [-0.15, -0.1) is 0 Å². The van der Waals surface area contributed by atoms with E-state index in [4.69, 9.17) is 24.5 Å². The Kier molecular flexibility index (Phi) is 8.29. The first kappa shape index (κ1) is 24.8. The lowest BCUT2D eigenvalue weighted by Gasteiger charge is -2.30. The zero-order valence-corrected chi connectivity index (χ0v) is 19.5. The predicted molar refractivity (Wildman–Crippen MR) is 122 cm³/mol. The molecule has 34 heavy (non-hydrogen) atoms. The Morgan fingerprint density at radius 3 is 2.56 bits per heavy atom. The summed E-state index contributed by atoms with van der Waals surface area (Å²) in [5.41, 5.74) is 7.64. The van der Waals surface area contributed by atoms with Crippen molar-refractivity contribution in [3.05, 3.63) is 46.9 Å². The van der Waals surface area contributed by atoms with Gasteiger partial charge in [-0.1, -0.05) is 11.2 Å². The molecular formula is C24H29N3O7. The Bertz CT molecular complexity index is 1050. The minimum atomic E-state index is -0.641. The van der Waals surface area contributed by atoms with Crippen molar-refractivity contribution in [3.8, 4) is 11.5 Å². The lowest BCUT2D eigenvalue weighted by Crippen LogP contribution is -2.43. The first-order valence-electron chi connectivity index (χ1n) is 10.9. The number of amides is 2. The lowest BCUT2D eigenvalue weighted by atomic mass is 9.96. The molecule has 10 nitrogen and oxygen atoms in total. The monoisotopic (exact) mass is 471 g/mol. The quantitative estimate of drug-likeness (QED) is 0.434. The van der Waals surface area contributed by atoms with Crippen LogP contribution in [-0.2, 0) is 25.7 Å². The van der Waals surface area contributed by atoms with Gasteiger partial charge in [-0.05, 0) is 50.5 Å². The summed E-state index contributed by atoms with van der Waals surface area (Å²) < 4.78 is 21.4. The second-order valence-corrected chi connectivity index (χ2v) is 8.00. The van der Waals surface area contributed by atoms with Crippen molar-refractivity contribution in [2.45, 2.75) is 33.3 Å². The Morgan fingerprint density at radius 1 is 1.21 bits per heavy atom. The summed E-state index contributed by atoms with van der Waals surface area (Å²) >= 11 is 0. The second-order valence-electron chi connectivity index (χ2n) is 8.00. The van der Waals surface area contributed by atoms with Crippen molar-refractivity contribution in [3.63, 3.8) is 0 Å². The van der Waals surface area contributed by atoms with Crippen molar-refractivity contribution in [2.24, 2.45) is 11.7 Å². The van der Waals surface area contributed by atoms with E-state index < -0.39 is 5.97 Å². The maximum atomic E-state index is 12.2. The van der Waals surface area contributed by atoms with E-state index >= 15 is 0 Å². The van der Waals surface area contributed by atoms with Crippen LogP contribution in [0.2, 0.25) is 0 Å². The van der Waals surface area contributed by atoms with Gasteiger partial charge in [0, 0.05) is 25.1 Å². The van der Waals surface area contributed by atoms with Crippen LogP contribution < -0.4 is 15.2 Å². The van der Waals surface area contributed by atoms with E-state index in [2.05, 4.69) is 5.16 Å². The maximum Gasteiger partial charge on any atom is 0.331 e. The van der Waals surface area contributed by atoms with Crippen molar-refractivity contribution in [1.82, 2.24) is 10.1 Å². The van der Waals surface area contributed by atoms with Gasteiger partial charge in [-0.2, -0.15) is 0 Å². The molecule has 0 radical (unpaired) electrons. The highest BCUT2D eigenvalue weighted by atomic mass is 16.5. The highest BCUT2D eigenvalue weighted by molar-refractivity contribution is 5.89. The summed E-state index contributed by atoms with van der Waals surface area (Å²) in [7, 11) is 1.53. The van der Waals surface area contributed by atoms with Crippen molar-refractivity contribution in [1.29, 1.82) is 0 Å². The molecule has 0 spiro atoms. The number of aryl methyl sites for hydroxylation is 2. The first-order valence-corrected chi connectivity index (χ1v) is 10.9. The molecule has 0 unspecified atom stereocenters. The zero-order valence-electron chi connectivity index (χ0n) is 19.5. The van der Waals surface area contributed by atoms with Gasteiger partial charge in [0.15, 0.2) is 18.1 Å².